The summed E-state index contributed by atoms with van der Waals surface area (Å²) in [5.41, 5.74) is 2.84. The molecular formula is C20H21N3O3S. The van der Waals surface area contributed by atoms with Crippen molar-refractivity contribution >= 4 is 17.2 Å². The maximum absolute atomic E-state index is 12.0. The van der Waals surface area contributed by atoms with Gasteiger partial charge in [-0.2, -0.15) is 5.10 Å². The number of rotatable bonds is 7. The van der Waals surface area contributed by atoms with Crippen LogP contribution in [0.2, 0.25) is 0 Å². The van der Waals surface area contributed by atoms with Gasteiger partial charge in [-0.25, -0.2) is 4.68 Å². The first-order chi connectivity index (χ1) is 13.0. The second-order valence-electron chi connectivity index (χ2n) is 6.14. The molecule has 0 spiro atoms. The number of aryl methyl sites for hydroxylation is 2. The predicted molar refractivity (Wildman–Crippen MR) is 106 cm³/mol. The van der Waals surface area contributed by atoms with Gasteiger partial charge in [0.05, 0.1) is 11.4 Å². The van der Waals surface area contributed by atoms with Crippen molar-refractivity contribution in [1.29, 1.82) is 0 Å². The fourth-order valence-corrected chi connectivity index (χ4v) is 3.16. The first-order valence-corrected chi connectivity index (χ1v) is 9.50. The summed E-state index contributed by atoms with van der Waals surface area (Å²) in [5.74, 6) is 0.422. The zero-order chi connectivity index (χ0) is 19.2. The van der Waals surface area contributed by atoms with E-state index < -0.39 is 0 Å². The molecule has 27 heavy (non-hydrogen) atoms. The van der Waals surface area contributed by atoms with Crippen molar-refractivity contribution in [2.24, 2.45) is 0 Å². The highest BCUT2D eigenvalue weighted by Crippen LogP contribution is 2.21. The van der Waals surface area contributed by atoms with Crippen molar-refractivity contribution in [1.82, 2.24) is 15.1 Å². The van der Waals surface area contributed by atoms with Gasteiger partial charge >= 0.3 is 0 Å². The van der Waals surface area contributed by atoms with Crippen molar-refractivity contribution < 1.29 is 9.53 Å². The van der Waals surface area contributed by atoms with Crippen molar-refractivity contribution in [3.63, 3.8) is 0 Å². The minimum Gasteiger partial charge on any atom is -0.484 e. The maximum atomic E-state index is 12.0. The van der Waals surface area contributed by atoms with E-state index in [4.69, 9.17) is 4.74 Å². The Bertz CT molecular complexity index is 980. The Kier molecular flexibility index (Phi) is 6.03. The molecule has 0 aliphatic heterocycles. The Balaban J connectivity index is 1.50. The molecule has 0 bridgehead atoms. The van der Waals surface area contributed by atoms with Crippen LogP contribution in [0.3, 0.4) is 0 Å². The summed E-state index contributed by atoms with van der Waals surface area (Å²) in [6, 6.07) is 12.8. The van der Waals surface area contributed by atoms with Crippen LogP contribution in [0.4, 0.5) is 0 Å². The van der Waals surface area contributed by atoms with E-state index >= 15 is 0 Å². The van der Waals surface area contributed by atoms with Crippen LogP contribution in [0.15, 0.2) is 52.6 Å². The van der Waals surface area contributed by atoms with E-state index in [-0.39, 0.29) is 18.1 Å². The normalized spacial score (nSPS) is 10.6. The van der Waals surface area contributed by atoms with Crippen LogP contribution < -0.4 is 15.6 Å². The largest absolute Gasteiger partial charge is 0.484 e. The smallest absolute Gasteiger partial charge is 0.266 e. The van der Waals surface area contributed by atoms with E-state index in [1.807, 2.05) is 49.6 Å². The van der Waals surface area contributed by atoms with Gasteiger partial charge in [-0.05, 0) is 54.6 Å². The molecule has 6 nitrogen and oxygen atoms in total. The second-order valence-corrected chi connectivity index (χ2v) is 7.09. The SMILES string of the molecule is Cc1ccc(OCC(=O)NCCn2nc(-c3cccs3)ccc2=O)cc1C. The molecule has 0 fully saturated rings. The Morgan fingerprint density at radius 1 is 1.19 bits per heavy atom. The number of nitrogens with zero attached hydrogens (tertiary/aromatic N) is 2. The van der Waals surface area contributed by atoms with Gasteiger partial charge in [0, 0.05) is 12.6 Å². The molecule has 1 amide bonds. The quantitative estimate of drug-likeness (QED) is 0.681. The van der Waals surface area contributed by atoms with Gasteiger partial charge in [0.2, 0.25) is 0 Å². The highest BCUT2D eigenvalue weighted by atomic mass is 32.1. The number of hydrogen-bond donors (Lipinski definition) is 1. The van der Waals surface area contributed by atoms with Crippen molar-refractivity contribution in [3.8, 4) is 16.3 Å². The number of nitrogens with one attached hydrogen (secondary N) is 1. The first-order valence-electron chi connectivity index (χ1n) is 8.62. The topological polar surface area (TPSA) is 73.2 Å². The molecule has 3 rings (SSSR count). The Morgan fingerprint density at radius 2 is 2.04 bits per heavy atom. The summed E-state index contributed by atoms with van der Waals surface area (Å²) in [7, 11) is 0. The Labute approximate surface area is 161 Å². The van der Waals surface area contributed by atoms with Gasteiger partial charge < -0.3 is 10.1 Å². The summed E-state index contributed by atoms with van der Waals surface area (Å²) >= 11 is 1.56. The second kappa shape index (κ2) is 8.64. The maximum Gasteiger partial charge on any atom is 0.266 e. The average Bonchev–Trinajstić information content (AvgIpc) is 3.19. The number of hydrogen-bond acceptors (Lipinski definition) is 5. The van der Waals surface area contributed by atoms with E-state index in [0.717, 1.165) is 16.1 Å². The highest BCUT2D eigenvalue weighted by Gasteiger charge is 2.06. The van der Waals surface area contributed by atoms with E-state index in [0.29, 0.717) is 18.8 Å². The van der Waals surface area contributed by atoms with Crippen molar-refractivity contribution in [3.05, 3.63) is 69.3 Å². The van der Waals surface area contributed by atoms with E-state index in [9.17, 15) is 9.59 Å². The third kappa shape index (κ3) is 5.04. The van der Waals surface area contributed by atoms with Crippen LogP contribution in [-0.4, -0.2) is 28.8 Å². The molecule has 7 heteroatoms. The Morgan fingerprint density at radius 3 is 2.78 bits per heavy atom. The van der Waals surface area contributed by atoms with Crippen LogP contribution in [-0.2, 0) is 11.3 Å². The van der Waals surface area contributed by atoms with Gasteiger partial charge in [-0.15, -0.1) is 11.3 Å². The number of amides is 1. The minimum absolute atomic E-state index is 0.0694. The zero-order valence-corrected chi connectivity index (χ0v) is 16.1. The molecule has 0 saturated carbocycles. The highest BCUT2D eigenvalue weighted by molar-refractivity contribution is 7.13. The van der Waals surface area contributed by atoms with Gasteiger partial charge in [-0.3, -0.25) is 9.59 Å². The number of thiophene rings is 1. The van der Waals surface area contributed by atoms with Gasteiger partial charge in [0.25, 0.3) is 11.5 Å². The minimum atomic E-state index is -0.240. The van der Waals surface area contributed by atoms with Gasteiger partial charge in [0.15, 0.2) is 6.61 Å². The molecule has 2 aromatic heterocycles. The lowest BCUT2D eigenvalue weighted by molar-refractivity contribution is -0.123. The number of ether oxygens (including phenoxy) is 1. The van der Waals surface area contributed by atoms with Crippen molar-refractivity contribution in [2.75, 3.05) is 13.2 Å². The summed E-state index contributed by atoms with van der Waals surface area (Å²) < 4.78 is 6.86. The van der Waals surface area contributed by atoms with Crippen LogP contribution in [0.5, 0.6) is 5.75 Å². The van der Waals surface area contributed by atoms with Crippen LogP contribution >= 0.6 is 11.3 Å². The molecule has 0 atom stereocenters. The molecule has 3 aromatic rings. The van der Waals surface area contributed by atoms with Crippen LogP contribution in [0.25, 0.3) is 10.6 Å². The van der Waals surface area contributed by atoms with E-state index in [1.165, 1.54) is 16.3 Å². The number of carbonyl (C=O) groups excluding carboxylic acids is 1. The monoisotopic (exact) mass is 383 g/mol. The number of carbonyl (C=O) groups is 1. The van der Waals surface area contributed by atoms with Crippen molar-refractivity contribution in [2.45, 2.75) is 20.4 Å². The molecule has 0 saturated heterocycles. The summed E-state index contributed by atoms with van der Waals surface area (Å²) in [5, 5.41) is 9.06. The molecule has 1 aromatic carbocycles. The lowest BCUT2D eigenvalue weighted by atomic mass is 10.1. The lowest BCUT2D eigenvalue weighted by Crippen LogP contribution is -2.34. The third-order valence-corrected chi connectivity index (χ3v) is 5.03. The van der Waals surface area contributed by atoms with Crippen LogP contribution in [0, 0.1) is 13.8 Å². The zero-order valence-electron chi connectivity index (χ0n) is 15.3. The molecule has 0 aliphatic carbocycles. The molecule has 2 heterocycles. The summed E-state index contributed by atoms with van der Waals surface area (Å²) in [6.45, 7) is 4.55. The van der Waals surface area contributed by atoms with E-state index in [1.54, 1.807) is 17.4 Å². The number of aromatic nitrogens is 2. The molecule has 0 unspecified atom stereocenters. The number of benzene rings is 1. The fraction of sp³-hybridized carbons (Fsp3) is 0.250. The standard InChI is InChI=1S/C20H21N3O3S/c1-14-5-6-16(12-15(14)2)26-13-19(24)21-9-10-23-20(25)8-7-17(22-23)18-4-3-11-27-18/h3-8,11-12H,9-10,13H2,1-2H3,(H,21,24). The third-order valence-electron chi connectivity index (χ3n) is 4.13. The van der Waals surface area contributed by atoms with Gasteiger partial charge in [0.1, 0.15) is 11.4 Å². The lowest BCUT2D eigenvalue weighted by Gasteiger charge is -2.10. The van der Waals surface area contributed by atoms with Crippen LogP contribution in [0.1, 0.15) is 11.1 Å². The van der Waals surface area contributed by atoms with Gasteiger partial charge in [-0.1, -0.05) is 12.1 Å². The Hall–Kier alpha value is -2.93. The first kappa shape index (κ1) is 18.8. The van der Waals surface area contributed by atoms with E-state index in [2.05, 4.69) is 10.4 Å². The summed E-state index contributed by atoms with van der Waals surface area (Å²) in [6.07, 6.45) is 0. The average molecular weight is 383 g/mol. The summed E-state index contributed by atoms with van der Waals surface area (Å²) in [4.78, 5) is 24.9. The molecule has 0 aliphatic rings. The molecular weight excluding hydrogens is 362 g/mol. The molecule has 0 radical (unpaired) electrons. The predicted octanol–water partition coefficient (Wildman–Crippen LogP) is 2.78. The molecule has 1 N–H and O–H groups in total. The fourth-order valence-electron chi connectivity index (χ4n) is 2.47. The molecule has 140 valence electrons.